The Hall–Kier alpha value is -3.53. The van der Waals surface area contributed by atoms with Gasteiger partial charge in [0.2, 0.25) is 11.8 Å². The number of rotatable bonds is 6. The number of nitrogens with zero attached hydrogens (tertiary/aromatic N) is 6. The highest BCUT2D eigenvalue weighted by Gasteiger charge is 2.30. The molecule has 1 aliphatic heterocycles. The molecule has 10 heteroatoms. The topological polar surface area (TPSA) is 115 Å². The summed E-state index contributed by atoms with van der Waals surface area (Å²) in [5, 5.41) is 28.6. The van der Waals surface area contributed by atoms with Crippen LogP contribution in [0.5, 0.6) is 11.6 Å². The van der Waals surface area contributed by atoms with E-state index in [-0.39, 0.29) is 29.0 Å². The number of aromatic nitrogens is 4. The lowest BCUT2D eigenvalue weighted by atomic mass is 10.2. The van der Waals surface area contributed by atoms with E-state index in [9.17, 15) is 10.2 Å². The van der Waals surface area contributed by atoms with Crippen molar-refractivity contribution in [1.29, 1.82) is 0 Å². The molecule has 0 radical (unpaired) electrons. The second-order valence-electron chi connectivity index (χ2n) is 9.18. The van der Waals surface area contributed by atoms with Gasteiger partial charge in [-0.15, -0.1) is 0 Å². The van der Waals surface area contributed by atoms with Crippen molar-refractivity contribution in [3.05, 3.63) is 30.6 Å². The highest BCUT2D eigenvalue weighted by Crippen LogP contribution is 2.45. The molecule has 34 heavy (non-hydrogen) atoms. The molecule has 180 valence electrons. The van der Waals surface area contributed by atoms with Crippen LogP contribution in [0.1, 0.15) is 37.4 Å². The molecule has 1 saturated carbocycles. The zero-order chi connectivity index (χ0) is 23.8. The first-order chi connectivity index (χ1) is 16.4. The molecule has 0 spiro atoms. The van der Waals surface area contributed by atoms with Gasteiger partial charge < -0.3 is 35.2 Å². The van der Waals surface area contributed by atoms with Crippen molar-refractivity contribution in [2.75, 3.05) is 50.5 Å². The van der Waals surface area contributed by atoms with Gasteiger partial charge in [0.05, 0.1) is 17.6 Å². The van der Waals surface area contributed by atoms with E-state index in [1.165, 1.54) is 0 Å². The summed E-state index contributed by atoms with van der Waals surface area (Å²) >= 11 is 0. The molecule has 0 bridgehead atoms. The summed E-state index contributed by atoms with van der Waals surface area (Å²) in [6, 6.07) is 4.08. The summed E-state index contributed by atoms with van der Waals surface area (Å²) in [6.07, 6.45) is 6.03. The van der Waals surface area contributed by atoms with Crippen LogP contribution in [0.4, 0.5) is 17.5 Å². The average Bonchev–Trinajstić information content (AvgIpc) is 3.46. The largest absolute Gasteiger partial charge is 0.505 e. The van der Waals surface area contributed by atoms with E-state index >= 15 is 0 Å². The Labute approximate surface area is 198 Å². The number of aromatic hydroxyl groups is 2. The molecule has 0 aromatic carbocycles. The first kappa shape index (κ1) is 22.3. The van der Waals surface area contributed by atoms with Gasteiger partial charge in [-0.2, -0.15) is 9.97 Å². The Balaban J connectivity index is 1.51. The Kier molecular flexibility index (Phi) is 5.91. The Bertz CT molecular complexity index is 1190. The SMILES string of the molecule is C=C(c1c(O)c2c(O)nc(Nc3ccc(N4CCNCC4)cn3)nc2n1C1CCCC1)N(C)C. The van der Waals surface area contributed by atoms with Crippen LogP contribution in [0.25, 0.3) is 16.7 Å². The van der Waals surface area contributed by atoms with Gasteiger partial charge in [0, 0.05) is 46.3 Å². The molecule has 0 unspecified atom stereocenters. The Morgan fingerprint density at radius 2 is 1.88 bits per heavy atom. The Morgan fingerprint density at radius 1 is 1.15 bits per heavy atom. The van der Waals surface area contributed by atoms with Crippen LogP contribution >= 0.6 is 0 Å². The predicted molar refractivity (Wildman–Crippen MR) is 134 cm³/mol. The monoisotopic (exact) mass is 464 g/mol. The highest BCUT2D eigenvalue weighted by atomic mass is 16.3. The van der Waals surface area contributed by atoms with E-state index in [4.69, 9.17) is 4.98 Å². The van der Waals surface area contributed by atoms with Crippen molar-refractivity contribution in [3.8, 4) is 11.6 Å². The van der Waals surface area contributed by atoms with Gasteiger partial charge in [-0.1, -0.05) is 19.4 Å². The van der Waals surface area contributed by atoms with Crippen molar-refractivity contribution in [2.45, 2.75) is 31.7 Å². The lowest BCUT2D eigenvalue weighted by molar-refractivity contribution is 0.446. The summed E-state index contributed by atoms with van der Waals surface area (Å²) < 4.78 is 2.02. The van der Waals surface area contributed by atoms with Crippen LogP contribution in [0.3, 0.4) is 0 Å². The smallest absolute Gasteiger partial charge is 0.233 e. The molecule has 2 fully saturated rings. The third-order valence-corrected chi connectivity index (χ3v) is 6.77. The van der Waals surface area contributed by atoms with E-state index in [2.05, 4.69) is 32.1 Å². The summed E-state index contributed by atoms with van der Waals surface area (Å²) in [5.41, 5.74) is 2.79. The molecule has 0 atom stereocenters. The van der Waals surface area contributed by atoms with Gasteiger partial charge in [0.25, 0.3) is 0 Å². The minimum atomic E-state index is -0.271. The molecule has 4 N–H and O–H groups in total. The maximum atomic E-state index is 11.1. The third-order valence-electron chi connectivity index (χ3n) is 6.77. The lowest BCUT2D eigenvalue weighted by Gasteiger charge is -2.29. The Morgan fingerprint density at radius 3 is 2.53 bits per heavy atom. The molecule has 0 amide bonds. The van der Waals surface area contributed by atoms with Gasteiger partial charge in [-0.05, 0) is 25.0 Å². The fourth-order valence-corrected chi connectivity index (χ4v) is 4.91. The number of pyridine rings is 1. The average molecular weight is 465 g/mol. The van der Waals surface area contributed by atoms with Crippen molar-refractivity contribution in [1.82, 2.24) is 29.7 Å². The van der Waals surface area contributed by atoms with Crippen LogP contribution in [-0.4, -0.2) is 74.9 Å². The van der Waals surface area contributed by atoms with Crippen LogP contribution in [0.2, 0.25) is 0 Å². The van der Waals surface area contributed by atoms with Crippen LogP contribution in [0, 0.1) is 0 Å². The standard InChI is InChI=1S/C24H32N8O2/c1-15(30(2)3)20-21(33)19-22(32(20)16-6-4-5-7-16)28-24(29-23(19)34)27-18-9-8-17(14-26-18)31-12-10-25-11-13-31/h8-9,14,16,25,33H,1,4-7,10-13H2,2-3H3,(H2,26,27,28,29,34). The summed E-state index contributed by atoms with van der Waals surface area (Å²) in [5.74, 6) is 0.500. The number of hydrogen-bond acceptors (Lipinski definition) is 9. The zero-order valence-corrected chi connectivity index (χ0v) is 19.8. The second-order valence-corrected chi connectivity index (χ2v) is 9.18. The van der Waals surface area contributed by atoms with Crippen LogP contribution < -0.4 is 15.5 Å². The molecular formula is C24H32N8O2. The number of piperazine rings is 1. The van der Waals surface area contributed by atoms with Gasteiger partial charge in [0.1, 0.15) is 16.9 Å². The second kappa shape index (κ2) is 9.02. The maximum absolute atomic E-state index is 11.1. The number of hydrogen-bond donors (Lipinski definition) is 4. The molecule has 2 aliphatic rings. The quantitative estimate of drug-likeness (QED) is 0.437. The number of anilines is 3. The predicted octanol–water partition coefficient (Wildman–Crippen LogP) is 3.04. The third kappa shape index (κ3) is 3.98. The van der Waals surface area contributed by atoms with E-state index in [1.54, 1.807) is 0 Å². The van der Waals surface area contributed by atoms with Gasteiger partial charge >= 0.3 is 0 Å². The highest BCUT2D eigenvalue weighted by molar-refractivity contribution is 5.94. The minimum absolute atomic E-state index is 0.0388. The van der Waals surface area contributed by atoms with Crippen molar-refractivity contribution in [3.63, 3.8) is 0 Å². The van der Waals surface area contributed by atoms with Crippen molar-refractivity contribution < 1.29 is 10.2 Å². The first-order valence-corrected chi connectivity index (χ1v) is 11.8. The van der Waals surface area contributed by atoms with Crippen LogP contribution in [-0.2, 0) is 0 Å². The molecule has 1 saturated heterocycles. The molecule has 3 aromatic rings. The molecule has 3 aromatic heterocycles. The lowest BCUT2D eigenvalue weighted by Crippen LogP contribution is -2.43. The van der Waals surface area contributed by atoms with E-state index < -0.39 is 0 Å². The van der Waals surface area contributed by atoms with E-state index in [0.717, 1.165) is 57.5 Å². The van der Waals surface area contributed by atoms with E-state index in [1.807, 2.05) is 41.9 Å². The summed E-state index contributed by atoms with van der Waals surface area (Å²) in [4.78, 5) is 17.6. The van der Waals surface area contributed by atoms with Gasteiger partial charge in [-0.25, -0.2) is 4.98 Å². The number of nitrogens with one attached hydrogen (secondary N) is 2. The van der Waals surface area contributed by atoms with Crippen LogP contribution in [0.15, 0.2) is 24.9 Å². The van der Waals surface area contributed by atoms with Gasteiger partial charge in [-0.3, -0.25) is 0 Å². The summed E-state index contributed by atoms with van der Waals surface area (Å²) in [6.45, 7) is 7.98. The minimum Gasteiger partial charge on any atom is -0.505 e. The first-order valence-electron chi connectivity index (χ1n) is 11.8. The summed E-state index contributed by atoms with van der Waals surface area (Å²) in [7, 11) is 3.76. The maximum Gasteiger partial charge on any atom is 0.233 e. The fourth-order valence-electron chi connectivity index (χ4n) is 4.91. The number of fused-ring (bicyclic) bond motifs is 1. The normalized spacial score (nSPS) is 16.8. The van der Waals surface area contributed by atoms with Crippen molar-refractivity contribution in [2.24, 2.45) is 0 Å². The molecule has 10 nitrogen and oxygen atoms in total. The molecular weight excluding hydrogens is 432 g/mol. The fraction of sp³-hybridized carbons (Fsp3) is 0.458. The molecule has 5 rings (SSSR count). The molecule has 1 aliphatic carbocycles. The molecule has 4 heterocycles. The van der Waals surface area contributed by atoms with Gasteiger partial charge in [0.15, 0.2) is 11.4 Å². The van der Waals surface area contributed by atoms with Crippen molar-refractivity contribution >= 4 is 34.2 Å². The van der Waals surface area contributed by atoms with E-state index in [0.29, 0.717) is 22.9 Å². The zero-order valence-electron chi connectivity index (χ0n) is 19.8.